The van der Waals surface area contributed by atoms with Gasteiger partial charge in [-0.3, -0.25) is 4.90 Å². The minimum absolute atomic E-state index is 0.0200. The van der Waals surface area contributed by atoms with Gasteiger partial charge in [0.1, 0.15) is 0 Å². The van der Waals surface area contributed by atoms with E-state index < -0.39 is 0 Å². The van der Waals surface area contributed by atoms with Crippen LogP contribution in [0.3, 0.4) is 0 Å². The molecule has 0 saturated carbocycles. The van der Waals surface area contributed by atoms with Crippen molar-refractivity contribution in [3.05, 3.63) is 23.8 Å². The molecule has 0 unspecified atom stereocenters. The molecule has 3 rings (SSSR count). The van der Waals surface area contributed by atoms with Gasteiger partial charge in [0, 0.05) is 37.6 Å². The molecule has 1 fully saturated rings. The second-order valence-corrected chi connectivity index (χ2v) is 6.39. The van der Waals surface area contributed by atoms with Crippen molar-refractivity contribution >= 4 is 17.4 Å². The summed E-state index contributed by atoms with van der Waals surface area (Å²) in [5.74, 6) is 0.467. The lowest BCUT2D eigenvalue weighted by Gasteiger charge is -2.29. The molecular formula is C17H25N3O2. The lowest BCUT2D eigenvalue weighted by molar-refractivity contribution is 0.122. The molecule has 5 nitrogen and oxygen atoms in total. The number of ether oxygens (including phenoxy) is 1. The van der Waals surface area contributed by atoms with E-state index in [0.717, 1.165) is 51.5 Å². The third kappa shape index (κ3) is 3.19. The standard InChI is InChI=1S/C17H25N3O2/c1-13(2)12-18-17(21)20-6-5-14-11-15(3-4-16(14)20)19-7-9-22-10-8-19/h3-4,11,13H,5-10,12H2,1-2H3,(H,18,21). The molecule has 0 aromatic heterocycles. The van der Waals surface area contributed by atoms with Crippen LogP contribution < -0.4 is 15.1 Å². The zero-order valence-corrected chi connectivity index (χ0v) is 13.5. The molecule has 5 heteroatoms. The number of fused-ring (bicyclic) bond motifs is 1. The first-order valence-corrected chi connectivity index (χ1v) is 8.16. The highest BCUT2D eigenvalue weighted by Gasteiger charge is 2.25. The minimum atomic E-state index is 0.0200. The van der Waals surface area contributed by atoms with Crippen LogP contribution in [0.2, 0.25) is 0 Å². The van der Waals surface area contributed by atoms with Crippen LogP contribution in [0.25, 0.3) is 0 Å². The summed E-state index contributed by atoms with van der Waals surface area (Å²) in [4.78, 5) is 16.5. The van der Waals surface area contributed by atoms with E-state index in [1.54, 1.807) is 0 Å². The number of anilines is 2. The molecule has 22 heavy (non-hydrogen) atoms. The number of nitrogens with zero attached hydrogens (tertiary/aromatic N) is 2. The number of carbonyl (C=O) groups excluding carboxylic acids is 1. The lowest BCUT2D eigenvalue weighted by Crippen LogP contribution is -2.40. The van der Waals surface area contributed by atoms with Gasteiger partial charge in [-0.15, -0.1) is 0 Å². The molecule has 0 spiro atoms. The van der Waals surface area contributed by atoms with Crippen LogP contribution in [-0.2, 0) is 11.2 Å². The molecule has 0 aliphatic carbocycles. The number of morpholine rings is 1. The van der Waals surface area contributed by atoms with E-state index in [9.17, 15) is 4.79 Å². The first-order valence-electron chi connectivity index (χ1n) is 8.16. The van der Waals surface area contributed by atoms with Crippen LogP contribution in [0.5, 0.6) is 0 Å². The van der Waals surface area contributed by atoms with Crippen LogP contribution in [0, 0.1) is 5.92 Å². The quantitative estimate of drug-likeness (QED) is 0.931. The van der Waals surface area contributed by atoms with E-state index in [2.05, 4.69) is 42.3 Å². The number of nitrogens with one attached hydrogen (secondary N) is 1. The molecule has 2 aliphatic heterocycles. The largest absolute Gasteiger partial charge is 0.378 e. The van der Waals surface area contributed by atoms with Crippen molar-refractivity contribution in [3.63, 3.8) is 0 Å². The fraction of sp³-hybridized carbons (Fsp3) is 0.588. The second kappa shape index (κ2) is 6.57. The number of carbonyl (C=O) groups is 1. The summed E-state index contributed by atoms with van der Waals surface area (Å²) in [7, 11) is 0. The van der Waals surface area contributed by atoms with Crippen molar-refractivity contribution in [1.82, 2.24) is 5.32 Å². The zero-order chi connectivity index (χ0) is 15.5. The average Bonchev–Trinajstić information content (AvgIpc) is 2.96. The maximum Gasteiger partial charge on any atom is 0.321 e. The topological polar surface area (TPSA) is 44.8 Å². The third-order valence-corrected chi connectivity index (χ3v) is 4.24. The van der Waals surface area contributed by atoms with Crippen molar-refractivity contribution in [2.75, 3.05) is 49.2 Å². The molecule has 1 aromatic rings. The van der Waals surface area contributed by atoms with Crippen molar-refractivity contribution < 1.29 is 9.53 Å². The van der Waals surface area contributed by atoms with Gasteiger partial charge in [0.2, 0.25) is 0 Å². The summed E-state index contributed by atoms with van der Waals surface area (Å²) in [5.41, 5.74) is 3.56. The smallest absolute Gasteiger partial charge is 0.321 e. The van der Waals surface area contributed by atoms with Crippen molar-refractivity contribution in [3.8, 4) is 0 Å². The normalized spacial score (nSPS) is 17.8. The highest BCUT2D eigenvalue weighted by Crippen LogP contribution is 2.32. The summed E-state index contributed by atoms with van der Waals surface area (Å²) in [6, 6.07) is 6.46. The van der Waals surface area contributed by atoms with E-state index in [-0.39, 0.29) is 6.03 Å². The highest BCUT2D eigenvalue weighted by atomic mass is 16.5. The molecule has 2 amide bonds. The predicted molar refractivity (Wildman–Crippen MR) is 88.8 cm³/mol. The Balaban J connectivity index is 1.71. The maximum absolute atomic E-state index is 12.3. The molecule has 1 N–H and O–H groups in total. The van der Waals surface area contributed by atoms with E-state index in [4.69, 9.17) is 4.74 Å². The fourth-order valence-electron chi connectivity index (χ4n) is 3.00. The summed E-state index contributed by atoms with van der Waals surface area (Å²) in [6.07, 6.45) is 0.933. The molecule has 0 bridgehead atoms. The molecule has 2 heterocycles. The average molecular weight is 303 g/mol. The Hall–Kier alpha value is -1.75. The Labute approximate surface area is 132 Å². The Kier molecular flexibility index (Phi) is 4.52. The van der Waals surface area contributed by atoms with Gasteiger partial charge in [-0.2, -0.15) is 0 Å². The van der Waals surface area contributed by atoms with Gasteiger partial charge in [-0.05, 0) is 36.1 Å². The Morgan fingerprint density at radius 2 is 2.05 bits per heavy atom. The van der Waals surface area contributed by atoms with Crippen molar-refractivity contribution in [2.24, 2.45) is 5.92 Å². The number of hydrogen-bond acceptors (Lipinski definition) is 3. The predicted octanol–water partition coefficient (Wildman–Crippen LogP) is 2.25. The summed E-state index contributed by atoms with van der Waals surface area (Å²) in [5, 5.41) is 3.00. The SMILES string of the molecule is CC(C)CNC(=O)N1CCc2cc(N3CCOCC3)ccc21. The molecule has 120 valence electrons. The van der Waals surface area contributed by atoms with Crippen molar-refractivity contribution in [2.45, 2.75) is 20.3 Å². The van der Waals surface area contributed by atoms with Gasteiger partial charge < -0.3 is 15.0 Å². The van der Waals surface area contributed by atoms with E-state index in [0.29, 0.717) is 5.92 Å². The Morgan fingerprint density at radius 3 is 2.77 bits per heavy atom. The number of hydrogen-bond donors (Lipinski definition) is 1. The third-order valence-electron chi connectivity index (χ3n) is 4.24. The minimum Gasteiger partial charge on any atom is -0.378 e. The summed E-state index contributed by atoms with van der Waals surface area (Å²) in [6.45, 7) is 9.17. The van der Waals surface area contributed by atoms with Gasteiger partial charge in [0.15, 0.2) is 0 Å². The van der Waals surface area contributed by atoms with Crippen LogP contribution in [-0.4, -0.2) is 45.4 Å². The lowest BCUT2D eigenvalue weighted by atomic mass is 10.1. The molecule has 1 saturated heterocycles. The number of benzene rings is 1. The molecule has 2 aliphatic rings. The molecular weight excluding hydrogens is 278 g/mol. The maximum atomic E-state index is 12.3. The van der Waals surface area contributed by atoms with Gasteiger partial charge in [0.05, 0.1) is 13.2 Å². The number of rotatable bonds is 3. The second-order valence-electron chi connectivity index (χ2n) is 6.39. The first kappa shape index (κ1) is 15.2. The summed E-state index contributed by atoms with van der Waals surface area (Å²) >= 11 is 0. The van der Waals surface area contributed by atoms with Crippen LogP contribution >= 0.6 is 0 Å². The number of urea groups is 1. The van der Waals surface area contributed by atoms with Crippen molar-refractivity contribution in [1.29, 1.82) is 0 Å². The van der Waals surface area contributed by atoms with E-state index in [1.807, 2.05) is 4.90 Å². The Bertz CT molecular complexity index is 539. The van der Waals surface area contributed by atoms with Crippen LogP contribution in [0.15, 0.2) is 18.2 Å². The van der Waals surface area contributed by atoms with Gasteiger partial charge in [-0.25, -0.2) is 4.79 Å². The summed E-state index contributed by atoms with van der Waals surface area (Å²) < 4.78 is 5.41. The van der Waals surface area contributed by atoms with Gasteiger partial charge >= 0.3 is 6.03 Å². The monoisotopic (exact) mass is 303 g/mol. The Morgan fingerprint density at radius 1 is 1.27 bits per heavy atom. The fourth-order valence-corrected chi connectivity index (χ4v) is 3.00. The van der Waals surface area contributed by atoms with Gasteiger partial charge in [0.25, 0.3) is 0 Å². The molecule has 0 atom stereocenters. The molecule has 0 radical (unpaired) electrons. The number of amides is 2. The van der Waals surface area contributed by atoms with Gasteiger partial charge in [-0.1, -0.05) is 13.8 Å². The first-order chi connectivity index (χ1) is 10.6. The van der Waals surface area contributed by atoms with E-state index >= 15 is 0 Å². The van der Waals surface area contributed by atoms with Crippen LogP contribution in [0.1, 0.15) is 19.4 Å². The zero-order valence-electron chi connectivity index (χ0n) is 13.5. The van der Waals surface area contributed by atoms with E-state index in [1.165, 1.54) is 11.3 Å². The molecule has 1 aromatic carbocycles. The highest BCUT2D eigenvalue weighted by molar-refractivity contribution is 5.94. The van der Waals surface area contributed by atoms with Crippen LogP contribution in [0.4, 0.5) is 16.2 Å².